The van der Waals surface area contributed by atoms with E-state index < -0.39 is 0 Å². The molecule has 1 fully saturated rings. The Kier molecular flexibility index (Phi) is 6.17. The summed E-state index contributed by atoms with van der Waals surface area (Å²) in [6.07, 6.45) is 0. The first kappa shape index (κ1) is 16.4. The molecule has 0 saturated carbocycles. The van der Waals surface area contributed by atoms with Gasteiger partial charge in [0.1, 0.15) is 0 Å². The van der Waals surface area contributed by atoms with E-state index in [2.05, 4.69) is 27.7 Å². The van der Waals surface area contributed by atoms with Gasteiger partial charge in [0.15, 0.2) is 0 Å². The molecule has 118 valence electrons. The van der Waals surface area contributed by atoms with Crippen LogP contribution in [0.4, 0.5) is 0 Å². The predicted molar refractivity (Wildman–Crippen MR) is 85.3 cm³/mol. The lowest BCUT2D eigenvalue weighted by Gasteiger charge is -2.34. The van der Waals surface area contributed by atoms with E-state index in [-0.39, 0.29) is 23.9 Å². The van der Waals surface area contributed by atoms with E-state index in [0.29, 0.717) is 6.54 Å². The zero-order valence-corrected chi connectivity index (χ0v) is 13.6. The van der Waals surface area contributed by atoms with Crippen molar-refractivity contribution >= 4 is 17.2 Å². The number of carbonyl (C=O) groups is 1. The maximum absolute atomic E-state index is 12.1. The maximum atomic E-state index is 12.1. The van der Waals surface area contributed by atoms with Crippen molar-refractivity contribution in [3.05, 3.63) is 22.4 Å². The van der Waals surface area contributed by atoms with Gasteiger partial charge in [-0.05, 0) is 18.4 Å². The molecule has 1 aromatic heterocycles. The molecule has 1 aromatic rings. The lowest BCUT2D eigenvalue weighted by Crippen LogP contribution is -2.45. The molecule has 1 aliphatic heterocycles. The molecule has 1 saturated heterocycles. The van der Waals surface area contributed by atoms with Crippen LogP contribution in [-0.2, 0) is 9.53 Å². The molecular weight excluding hydrogens is 286 g/mol. The minimum atomic E-state index is -0.168. The minimum absolute atomic E-state index is 0.0276. The second-order valence-corrected chi connectivity index (χ2v) is 6.55. The summed E-state index contributed by atoms with van der Waals surface area (Å²) in [5.74, 6) is -0.140. The SMILES string of the molecule is CC(N)C(C)C(=O)NCC(c1cccs1)N1CCOCC1. The number of nitrogens with two attached hydrogens (primary N) is 1. The fourth-order valence-electron chi connectivity index (χ4n) is 2.38. The fraction of sp³-hybridized carbons (Fsp3) is 0.667. The van der Waals surface area contributed by atoms with E-state index in [4.69, 9.17) is 10.5 Å². The van der Waals surface area contributed by atoms with Crippen LogP contribution in [0.2, 0.25) is 0 Å². The third kappa shape index (κ3) is 4.51. The third-order valence-electron chi connectivity index (χ3n) is 4.03. The lowest BCUT2D eigenvalue weighted by atomic mass is 10.0. The number of hydrogen-bond acceptors (Lipinski definition) is 5. The zero-order valence-electron chi connectivity index (χ0n) is 12.7. The summed E-state index contributed by atoms with van der Waals surface area (Å²) in [7, 11) is 0. The Morgan fingerprint density at radius 2 is 2.19 bits per heavy atom. The van der Waals surface area contributed by atoms with Gasteiger partial charge in [0.25, 0.3) is 0 Å². The highest BCUT2D eigenvalue weighted by Crippen LogP contribution is 2.25. The van der Waals surface area contributed by atoms with Gasteiger partial charge in [0.05, 0.1) is 19.3 Å². The summed E-state index contributed by atoms with van der Waals surface area (Å²) in [6.45, 7) is 7.68. The van der Waals surface area contributed by atoms with Crippen LogP contribution in [-0.4, -0.2) is 49.7 Å². The molecule has 0 spiro atoms. The molecule has 0 radical (unpaired) electrons. The van der Waals surface area contributed by atoms with Gasteiger partial charge < -0.3 is 15.8 Å². The Labute approximate surface area is 130 Å². The van der Waals surface area contributed by atoms with Gasteiger partial charge >= 0.3 is 0 Å². The molecule has 2 heterocycles. The van der Waals surface area contributed by atoms with Crippen molar-refractivity contribution in [1.82, 2.24) is 10.2 Å². The van der Waals surface area contributed by atoms with Crippen LogP contribution in [0.15, 0.2) is 17.5 Å². The van der Waals surface area contributed by atoms with Crippen molar-refractivity contribution in [2.24, 2.45) is 11.7 Å². The van der Waals surface area contributed by atoms with Crippen LogP contribution in [0.3, 0.4) is 0 Å². The smallest absolute Gasteiger partial charge is 0.224 e. The van der Waals surface area contributed by atoms with Crippen molar-refractivity contribution in [3.8, 4) is 0 Å². The highest BCUT2D eigenvalue weighted by atomic mass is 32.1. The number of thiophene rings is 1. The highest BCUT2D eigenvalue weighted by molar-refractivity contribution is 7.10. The molecule has 1 aliphatic rings. The number of amides is 1. The predicted octanol–water partition coefficient (Wildman–Crippen LogP) is 1.22. The molecule has 1 amide bonds. The Morgan fingerprint density at radius 1 is 1.48 bits per heavy atom. The quantitative estimate of drug-likeness (QED) is 0.829. The summed E-state index contributed by atoms with van der Waals surface area (Å²) in [4.78, 5) is 15.8. The molecule has 21 heavy (non-hydrogen) atoms. The molecule has 2 rings (SSSR count). The number of carbonyl (C=O) groups excluding carboxylic acids is 1. The van der Waals surface area contributed by atoms with E-state index >= 15 is 0 Å². The largest absolute Gasteiger partial charge is 0.379 e. The second kappa shape index (κ2) is 7.89. The lowest BCUT2D eigenvalue weighted by molar-refractivity contribution is -0.125. The number of nitrogens with one attached hydrogen (secondary N) is 1. The van der Waals surface area contributed by atoms with Gasteiger partial charge in [-0.3, -0.25) is 9.69 Å². The maximum Gasteiger partial charge on any atom is 0.224 e. The van der Waals surface area contributed by atoms with E-state index in [0.717, 1.165) is 26.3 Å². The normalized spacial score (nSPS) is 20.7. The number of morpholine rings is 1. The number of ether oxygens (including phenoxy) is 1. The molecule has 0 aromatic carbocycles. The van der Waals surface area contributed by atoms with Crippen LogP contribution in [0.25, 0.3) is 0 Å². The van der Waals surface area contributed by atoms with Crippen LogP contribution >= 0.6 is 11.3 Å². The molecule has 0 bridgehead atoms. The van der Waals surface area contributed by atoms with E-state index in [1.54, 1.807) is 11.3 Å². The molecule has 3 unspecified atom stereocenters. The van der Waals surface area contributed by atoms with E-state index in [1.807, 2.05) is 13.8 Å². The summed E-state index contributed by atoms with van der Waals surface area (Å²) >= 11 is 1.73. The standard InChI is InChI=1S/C15H25N3O2S/c1-11(12(2)16)15(19)17-10-13(14-4-3-9-21-14)18-5-7-20-8-6-18/h3-4,9,11-13H,5-8,10,16H2,1-2H3,(H,17,19). The average molecular weight is 311 g/mol. The van der Waals surface area contributed by atoms with Gasteiger partial charge in [0.2, 0.25) is 5.91 Å². The van der Waals surface area contributed by atoms with Gasteiger partial charge in [0, 0.05) is 36.5 Å². The number of nitrogens with zero attached hydrogens (tertiary/aromatic N) is 1. The Bertz CT molecular complexity index is 430. The van der Waals surface area contributed by atoms with Gasteiger partial charge in [-0.25, -0.2) is 0 Å². The van der Waals surface area contributed by atoms with E-state index in [1.165, 1.54) is 4.88 Å². The first-order valence-corrected chi connectivity index (χ1v) is 8.36. The van der Waals surface area contributed by atoms with Gasteiger partial charge in [-0.15, -0.1) is 11.3 Å². The summed E-state index contributed by atoms with van der Waals surface area (Å²) in [5, 5.41) is 5.13. The molecule has 6 heteroatoms. The van der Waals surface area contributed by atoms with Crippen LogP contribution in [0, 0.1) is 5.92 Å². The van der Waals surface area contributed by atoms with Crippen molar-refractivity contribution in [2.75, 3.05) is 32.8 Å². The van der Waals surface area contributed by atoms with Crippen molar-refractivity contribution < 1.29 is 9.53 Å². The Hall–Kier alpha value is -0.950. The summed E-state index contributed by atoms with van der Waals surface area (Å²) in [5.41, 5.74) is 5.79. The van der Waals surface area contributed by atoms with Crippen LogP contribution in [0.1, 0.15) is 24.8 Å². The monoisotopic (exact) mass is 311 g/mol. The number of rotatable bonds is 6. The van der Waals surface area contributed by atoms with Crippen LogP contribution in [0.5, 0.6) is 0 Å². The highest BCUT2D eigenvalue weighted by Gasteiger charge is 2.25. The molecule has 3 atom stereocenters. The van der Waals surface area contributed by atoms with Crippen molar-refractivity contribution in [1.29, 1.82) is 0 Å². The van der Waals surface area contributed by atoms with Crippen molar-refractivity contribution in [2.45, 2.75) is 25.9 Å². The Balaban J connectivity index is 1.98. The first-order valence-electron chi connectivity index (χ1n) is 7.48. The fourth-order valence-corrected chi connectivity index (χ4v) is 3.24. The van der Waals surface area contributed by atoms with Gasteiger partial charge in [-0.2, -0.15) is 0 Å². The second-order valence-electron chi connectivity index (χ2n) is 5.57. The molecule has 3 N–H and O–H groups in total. The summed E-state index contributed by atoms with van der Waals surface area (Å²) < 4.78 is 5.42. The molecule has 0 aliphatic carbocycles. The van der Waals surface area contributed by atoms with Crippen molar-refractivity contribution in [3.63, 3.8) is 0 Å². The van der Waals surface area contributed by atoms with Crippen LogP contribution < -0.4 is 11.1 Å². The Morgan fingerprint density at radius 3 is 2.76 bits per heavy atom. The first-order chi connectivity index (χ1) is 10.1. The van der Waals surface area contributed by atoms with E-state index in [9.17, 15) is 4.79 Å². The number of hydrogen-bond donors (Lipinski definition) is 2. The topological polar surface area (TPSA) is 67.6 Å². The molecular formula is C15H25N3O2S. The van der Waals surface area contributed by atoms with Gasteiger partial charge in [-0.1, -0.05) is 13.0 Å². The summed E-state index contributed by atoms with van der Waals surface area (Å²) in [6, 6.07) is 4.28. The third-order valence-corrected chi connectivity index (χ3v) is 5.00. The zero-order chi connectivity index (χ0) is 15.2. The molecule has 5 nitrogen and oxygen atoms in total. The average Bonchev–Trinajstić information content (AvgIpc) is 3.01. The minimum Gasteiger partial charge on any atom is -0.379 e.